The number of halogens is 1. The Morgan fingerprint density at radius 2 is 1.86 bits per heavy atom. The Kier molecular flexibility index (Phi) is 10.8. The SMILES string of the molecule is CCNC(=NCCOC)Nc1ccc(OC)c(OC)c1.I. The van der Waals surface area contributed by atoms with Crippen LogP contribution in [0, 0.1) is 0 Å². The summed E-state index contributed by atoms with van der Waals surface area (Å²) >= 11 is 0. The number of hydrogen-bond acceptors (Lipinski definition) is 4. The van der Waals surface area contributed by atoms with Crippen LogP contribution in [0.4, 0.5) is 5.69 Å². The maximum Gasteiger partial charge on any atom is 0.195 e. The smallest absolute Gasteiger partial charge is 0.195 e. The van der Waals surface area contributed by atoms with E-state index in [1.54, 1.807) is 21.3 Å². The number of nitrogens with one attached hydrogen (secondary N) is 2. The molecule has 0 heterocycles. The van der Waals surface area contributed by atoms with E-state index in [1.165, 1.54) is 0 Å². The van der Waals surface area contributed by atoms with Crippen LogP contribution in [0.2, 0.25) is 0 Å². The average Bonchev–Trinajstić information content (AvgIpc) is 2.47. The fraction of sp³-hybridized carbons (Fsp3) is 0.500. The van der Waals surface area contributed by atoms with Crippen LogP contribution in [0.15, 0.2) is 23.2 Å². The van der Waals surface area contributed by atoms with Gasteiger partial charge in [0.25, 0.3) is 0 Å². The molecule has 0 aromatic heterocycles. The van der Waals surface area contributed by atoms with Gasteiger partial charge in [0.2, 0.25) is 0 Å². The van der Waals surface area contributed by atoms with Crippen molar-refractivity contribution in [2.75, 3.05) is 46.3 Å². The van der Waals surface area contributed by atoms with E-state index in [4.69, 9.17) is 14.2 Å². The number of guanidine groups is 1. The van der Waals surface area contributed by atoms with E-state index in [0.29, 0.717) is 30.6 Å². The second-order valence-electron chi connectivity index (χ2n) is 3.95. The molecule has 7 heteroatoms. The van der Waals surface area contributed by atoms with E-state index in [0.717, 1.165) is 12.2 Å². The predicted octanol–water partition coefficient (Wildman–Crippen LogP) is 2.35. The lowest BCUT2D eigenvalue weighted by Gasteiger charge is -2.13. The van der Waals surface area contributed by atoms with Crippen molar-refractivity contribution < 1.29 is 14.2 Å². The molecule has 0 radical (unpaired) electrons. The maximum atomic E-state index is 5.27. The van der Waals surface area contributed by atoms with E-state index in [2.05, 4.69) is 15.6 Å². The summed E-state index contributed by atoms with van der Waals surface area (Å²) in [6, 6.07) is 5.62. The summed E-state index contributed by atoms with van der Waals surface area (Å²) in [6.45, 7) is 3.98. The van der Waals surface area contributed by atoms with Gasteiger partial charge in [-0.15, -0.1) is 24.0 Å². The standard InChI is InChI=1S/C14H23N3O3.HI/c1-5-15-14(16-8-9-18-2)17-11-6-7-12(19-3)13(10-11)20-4;/h6-7,10H,5,8-9H2,1-4H3,(H2,15,16,17);1H. The number of ether oxygens (including phenoxy) is 3. The lowest BCUT2D eigenvalue weighted by Crippen LogP contribution is -2.31. The molecule has 21 heavy (non-hydrogen) atoms. The van der Waals surface area contributed by atoms with Gasteiger partial charge in [-0.3, -0.25) is 4.99 Å². The molecule has 0 saturated carbocycles. The monoisotopic (exact) mass is 409 g/mol. The van der Waals surface area contributed by atoms with Gasteiger partial charge in [-0.05, 0) is 19.1 Å². The summed E-state index contributed by atoms with van der Waals surface area (Å²) in [7, 11) is 4.88. The van der Waals surface area contributed by atoms with Crippen LogP contribution < -0.4 is 20.1 Å². The second kappa shape index (κ2) is 11.4. The molecule has 0 saturated heterocycles. The Balaban J connectivity index is 0.00000400. The number of nitrogens with zero attached hydrogens (tertiary/aromatic N) is 1. The number of aliphatic imine (C=N–C) groups is 1. The minimum absolute atomic E-state index is 0. The topological polar surface area (TPSA) is 64.1 Å². The van der Waals surface area contributed by atoms with Crippen LogP contribution in [0.3, 0.4) is 0 Å². The van der Waals surface area contributed by atoms with Gasteiger partial charge in [-0.1, -0.05) is 0 Å². The molecular formula is C14H24IN3O3. The number of benzene rings is 1. The average molecular weight is 409 g/mol. The quantitative estimate of drug-likeness (QED) is 0.313. The number of hydrogen-bond donors (Lipinski definition) is 2. The van der Waals surface area contributed by atoms with Crippen LogP contribution in [0.5, 0.6) is 11.5 Å². The van der Waals surface area contributed by atoms with Gasteiger partial charge in [0.05, 0.1) is 27.4 Å². The zero-order chi connectivity index (χ0) is 14.8. The second-order valence-corrected chi connectivity index (χ2v) is 3.95. The first-order valence-electron chi connectivity index (χ1n) is 6.51. The zero-order valence-corrected chi connectivity index (χ0v) is 15.3. The Labute approximate surface area is 143 Å². The first-order chi connectivity index (χ1) is 9.74. The Morgan fingerprint density at radius 3 is 2.43 bits per heavy atom. The molecule has 0 aliphatic carbocycles. The molecule has 0 unspecified atom stereocenters. The molecule has 0 spiro atoms. The third-order valence-corrected chi connectivity index (χ3v) is 2.56. The van der Waals surface area contributed by atoms with Crippen molar-refractivity contribution >= 4 is 35.6 Å². The Bertz CT molecular complexity index is 441. The number of anilines is 1. The summed E-state index contributed by atoms with van der Waals surface area (Å²) in [5.74, 6) is 2.07. The van der Waals surface area contributed by atoms with Gasteiger partial charge in [0.15, 0.2) is 17.5 Å². The largest absolute Gasteiger partial charge is 0.493 e. The summed E-state index contributed by atoms with van der Waals surface area (Å²) in [4.78, 5) is 4.39. The van der Waals surface area contributed by atoms with Gasteiger partial charge in [-0.25, -0.2) is 0 Å². The fourth-order valence-corrected chi connectivity index (χ4v) is 1.61. The molecule has 0 aliphatic rings. The molecule has 0 atom stereocenters. The van der Waals surface area contributed by atoms with Crippen LogP contribution in [0.1, 0.15) is 6.92 Å². The number of methoxy groups -OCH3 is 3. The highest BCUT2D eigenvalue weighted by atomic mass is 127. The van der Waals surface area contributed by atoms with E-state index >= 15 is 0 Å². The van der Waals surface area contributed by atoms with Crippen molar-refractivity contribution in [1.82, 2.24) is 5.32 Å². The van der Waals surface area contributed by atoms with Gasteiger partial charge in [-0.2, -0.15) is 0 Å². The summed E-state index contributed by atoms with van der Waals surface area (Å²) in [6.07, 6.45) is 0. The molecule has 0 aliphatic heterocycles. The molecule has 0 amide bonds. The normalized spacial score (nSPS) is 10.6. The minimum atomic E-state index is 0. The minimum Gasteiger partial charge on any atom is -0.493 e. The molecule has 6 nitrogen and oxygen atoms in total. The van der Waals surface area contributed by atoms with Crippen LogP contribution >= 0.6 is 24.0 Å². The third kappa shape index (κ3) is 6.85. The first kappa shape index (κ1) is 19.8. The van der Waals surface area contributed by atoms with Crippen molar-refractivity contribution in [3.63, 3.8) is 0 Å². The highest BCUT2D eigenvalue weighted by Gasteiger charge is 2.05. The van der Waals surface area contributed by atoms with E-state index in [9.17, 15) is 0 Å². The first-order valence-corrected chi connectivity index (χ1v) is 6.51. The van der Waals surface area contributed by atoms with Crippen LogP contribution in [0.25, 0.3) is 0 Å². The van der Waals surface area contributed by atoms with Crippen molar-refractivity contribution in [3.05, 3.63) is 18.2 Å². The summed E-state index contributed by atoms with van der Waals surface area (Å²) in [5, 5.41) is 6.38. The van der Waals surface area contributed by atoms with Crippen molar-refractivity contribution in [1.29, 1.82) is 0 Å². The maximum absolute atomic E-state index is 5.27. The predicted molar refractivity (Wildman–Crippen MR) is 96.4 cm³/mol. The molecule has 0 bridgehead atoms. The lowest BCUT2D eigenvalue weighted by atomic mass is 10.3. The van der Waals surface area contributed by atoms with E-state index in [1.807, 2.05) is 25.1 Å². The zero-order valence-electron chi connectivity index (χ0n) is 12.9. The summed E-state index contributed by atoms with van der Waals surface area (Å²) < 4.78 is 15.5. The highest BCUT2D eigenvalue weighted by molar-refractivity contribution is 14.0. The van der Waals surface area contributed by atoms with Gasteiger partial charge in [0, 0.05) is 25.4 Å². The fourth-order valence-electron chi connectivity index (χ4n) is 1.61. The van der Waals surface area contributed by atoms with Crippen LogP contribution in [-0.4, -0.2) is 47.0 Å². The Morgan fingerprint density at radius 1 is 1.14 bits per heavy atom. The van der Waals surface area contributed by atoms with Gasteiger partial charge in [0.1, 0.15) is 0 Å². The van der Waals surface area contributed by atoms with Crippen molar-refractivity contribution in [2.45, 2.75) is 6.92 Å². The van der Waals surface area contributed by atoms with Gasteiger partial charge < -0.3 is 24.8 Å². The molecule has 2 N–H and O–H groups in total. The third-order valence-electron chi connectivity index (χ3n) is 2.56. The number of rotatable bonds is 7. The highest BCUT2D eigenvalue weighted by Crippen LogP contribution is 2.29. The molecule has 1 aromatic rings. The van der Waals surface area contributed by atoms with E-state index in [-0.39, 0.29) is 24.0 Å². The molecule has 1 aromatic carbocycles. The van der Waals surface area contributed by atoms with Gasteiger partial charge >= 0.3 is 0 Å². The van der Waals surface area contributed by atoms with Crippen molar-refractivity contribution in [2.24, 2.45) is 4.99 Å². The van der Waals surface area contributed by atoms with E-state index < -0.39 is 0 Å². The lowest BCUT2D eigenvalue weighted by molar-refractivity contribution is 0.208. The molecule has 1 rings (SSSR count). The Hall–Kier alpha value is -1.22. The molecule has 0 fully saturated rings. The summed E-state index contributed by atoms with van der Waals surface area (Å²) in [5.41, 5.74) is 0.875. The molecule has 120 valence electrons. The van der Waals surface area contributed by atoms with Crippen LogP contribution in [-0.2, 0) is 4.74 Å². The van der Waals surface area contributed by atoms with Crippen molar-refractivity contribution in [3.8, 4) is 11.5 Å². The molecular weight excluding hydrogens is 385 g/mol.